The van der Waals surface area contributed by atoms with Gasteiger partial charge in [-0.1, -0.05) is 29.8 Å². The highest BCUT2D eigenvalue weighted by atomic mass is 35.5. The van der Waals surface area contributed by atoms with Crippen molar-refractivity contribution in [3.8, 4) is 0 Å². The molecule has 1 aromatic carbocycles. The first-order valence-electron chi connectivity index (χ1n) is 4.14. The fourth-order valence-electron chi connectivity index (χ4n) is 1.04. The van der Waals surface area contributed by atoms with E-state index in [0.717, 1.165) is 10.6 Å². The van der Waals surface area contributed by atoms with E-state index < -0.39 is 0 Å². The Balaban J connectivity index is 2.15. The Morgan fingerprint density at radius 2 is 1.93 bits per heavy atom. The number of aromatic amines is 1. The summed E-state index contributed by atoms with van der Waals surface area (Å²) in [7, 11) is 0. The molecular formula is C10H8ClN3. The maximum absolute atomic E-state index is 5.76. The highest BCUT2D eigenvalue weighted by molar-refractivity contribution is 6.30. The second-order valence-corrected chi connectivity index (χ2v) is 3.18. The van der Waals surface area contributed by atoms with Crippen LogP contribution >= 0.6 is 11.6 Å². The minimum Gasteiger partial charge on any atom is -0.266 e. The molecule has 0 saturated heterocycles. The molecule has 1 heterocycles. The summed E-state index contributed by atoms with van der Waals surface area (Å²) in [5.41, 5.74) is 1.07. The second-order valence-electron chi connectivity index (χ2n) is 2.74. The Hall–Kier alpha value is -1.61. The average molecular weight is 206 g/mol. The van der Waals surface area contributed by atoms with Crippen LogP contribution in [0.1, 0.15) is 11.4 Å². The van der Waals surface area contributed by atoms with Gasteiger partial charge in [0.05, 0.1) is 0 Å². The van der Waals surface area contributed by atoms with Crippen LogP contribution in [0.5, 0.6) is 0 Å². The molecule has 0 spiro atoms. The number of benzene rings is 1. The lowest BCUT2D eigenvalue weighted by Crippen LogP contribution is -1.75. The van der Waals surface area contributed by atoms with Crippen LogP contribution in [-0.2, 0) is 0 Å². The third-order valence-corrected chi connectivity index (χ3v) is 1.98. The quantitative estimate of drug-likeness (QED) is 0.819. The van der Waals surface area contributed by atoms with E-state index in [4.69, 9.17) is 11.6 Å². The van der Waals surface area contributed by atoms with Crippen LogP contribution in [-0.4, -0.2) is 15.2 Å². The zero-order chi connectivity index (χ0) is 9.80. The Labute approximate surface area is 86.4 Å². The fraction of sp³-hybridized carbons (Fsp3) is 0. The lowest BCUT2D eigenvalue weighted by Gasteiger charge is -1.91. The molecule has 4 heteroatoms. The van der Waals surface area contributed by atoms with Gasteiger partial charge in [-0.25, -0.2) is 4.98 Å². The van der Waals surface area contributed by atoms with Crippen molar-refractivity contribution in [1.82, 2.24) is 15.2 Å². The zero-order valence-electron chi connectivity index (χ0n) is 7.31. The molecule has 14 heavy (non-hydrogen) atoms. The van der Waals surface area contributed by atoms with Crippen LogP contribution in [0.25, 0.3) is 12.2 Å². The summed E-state index contributed by atoms with van der Waals surface area (Å²) in [5, 5.41) is 7.28. The molecule has 0 radical (unpaired) electrons. The van der Waals surface area contributed by atoms with E-state index in [9.17, 15) is 0 Å². The molecule has 0 saturated carbocycles. The van der Waals surface area contributed by atoms with E-state index in [1.54, 1.807) is 6.33 Å². The summed E-state index contributed by atoms with van der Waals surface area (Å²) in [6, 6.07) is 7.56. The smallest absolute Gasteiger partial charge is 0.173 e. The number of aromatic nitrogens is 3. The van der Waals surface area contributed by atoms with Crippen molar-refractivity contribution in [1.29, 1.82) is 0 Å². The molecule has 0 aliphatic carbocycles. The normalized spacial score (nSPS) is 10.9. The minimum atomic E-state index is 0.667. The van der Waals surface area contributed by atoms with Gasteiger partial charge < -0.3 is 0 Å². The zero-order valence-corrected chi connectivity index (χ0v) is 8.07. The van der Waals surface area contributed by atoms with E-state index in [0.29, 0.717) is 5.82 Å². The van der Waals surface area contributed by atoms with Gasteiger partial charge in [-0.2, -0.15) is 5.10 Å². The summed E-state index contributed by atoms with van der Waals surface area (Å²) in [4.78, 5) is 3.97. The molecule has 0 aliphatic rings. The summed E-state index contributed by atoms with van der Waals surface area (Å²) < 4.78 is 0. The lowest BCUT2D eigenvalue weighted by atomic mass is 10.2. The standard InChI is InChI=1S/C10H8ClN3/c11-9-4-1-8(2-5-9)3-6-10-12-7-13-14-10/h1-7H,(H,12,13,14)/b6-3+. The van der Waals surface area contributed by atoms with Crippen LogP contribution in [0.2, 0.25) is 5.02 Å². The van der Waals surface area contributed by atoms with Gasteiger partial charge in [0.1, 0.15) is 6.33 Å². The van der Waals surface area contributed by atoms with Gasteiger partial charge >= 0.3 is 0 Å². The van der Waals surface area contributed by atoms with E-state index in [1.165, 1.54) is 0 Å². The third-order valence-electron chi connectivity index (χ3n) is 1.73. The van der Waals surface area contributed by atoms with Crippen LogP contribution < -0.4 is 0 Å². The number of rotatable bonds is 2. The van der Waals surface area contributed by atoms with Gasteiger partial charge in [0.2, 0.25) is 0 Å². The molecule has 0 aliphatic heterocycles. The Morgan fingerprint density at radius 1 is 1.14 bits per heavy atom. The summed E-state index contributed by atoms with van der Waals surface area (Å²) >= 11 is 5.76. The monoisotopic (exact) mass is 205 g/mol. The fourth-order valence-corrected chi connectivity index (χ4v) is 1.17. The van der Waals surface area contributed by atoms with Crippen molar-refractivity contribution < 1.29 is 0 Å². The number of hydrogen-bond acceptors (Lipinski definition) is 2. The third kappa shape index (κ3) is 2.20. The SMILES string of the molecule is Clc1ccc(/C=C/c2nc[nH]n2)cc1. The van der Waals surface area contributed by atoms with Gasteiger partial charge in [-0.15, -0.1) is 0 Å². The van der Waals surface area contributed by atoms with Gasteiger partial charge in [0.25, 0.3) is 0 Å². The molecule has 2 aromatic rings. The number of nitrogens with zero attached hydrogens (tertiary/aromatic N) is 2. The summed E-state index contributed by atoms with van der Waals surface area (Å²) in [6.07, 6.45) is 5.31. The number of hydrogen-bond donors (Lipinski definition) is 1. The predicted octanol–water partition coefficient (Wildman–Crippen LogP) is 2.63. The number of halogens is 1. The Kier molecular flexibility index (Phi) is 2.60. The number of nitrogens with one attached hydrogen (secondary N) is 1. The van der Waals surface area contributed by atoms with Crippen LogP contribution in [0.3, 0.4) is 0 Å². The maximum atomic E-state index is 5.76. The first-order valence-corrected chi connectivity index (χ1v) is 4.52. The van der Waals surface area contributed by atoms with Gasteiger partial charge in [-0.3, -0.25) is 5.10 Å². The van der Waals surface area contributed by atoms with E-state index in [-0.39, 0.29) is 0 Å². The highest BCUT2D eigenvalue weighted by Gasteiger charge is 1.90. The van der Waals surface area contributed by atoms with Crippen LogP contribution in [0.4, 0.5) is 0 Å². The molecule has 70 valence electrons. The van der Waals surface area contributed by atoms with E-state index in [2.05, 4.69) is 15.2 Å². The van der Waals surface area contributed by atoms with Crippen molar-refractivity contribution in [2.75, 3.05) is 0 Å². The van der Waals surface area contributed by atoms with Crippen LogP contribution in [0.15, 0.2) is 30.6 Å². The largest absolute Gasteiger partial charge is 0.266 e. The molecular weight excluding hydrogens is 198 g/mol. The van der Waals surface area contributed by atoms with Gasteiger partial charge in [-0.05, 0) is 23.8 Å². The van der Waals surface area contributed by atoms with E-state index in [1.807, 2.05) is 36.4 Å². The summed E-state index contributed by atoms with van der Waals surface area (Å²) in [6.45, 7) is 0. The van der Waals surface area contributed by atoms with Crippen molar-refractivity contribution in [2.45, 2.75) is 0 Å². The van der Waals surface area contributed by atoms with Crippen LogP contribution in [0, 0.1) is 0 Å². The Bertz CT molecular complexity index is 417. The van der Waals surface area contributed by atoms with Gasteiger partial charge in [0, 0.05) is 5.02 Å². The predicted molar refractivity (Wildman–Crippen MR) is 56.8 cm³/mol. The van der Waals surface area contributed by atoms with Crippen molar-refractivity contribution in [2.24, 2.45) is 0 Å². The summed E-state index contributed by atoms with van der Waals surface area (Å²) in [5.74, 6) is 0.667. The van der Waals surface area contributed by atoms with Crippen molar-refractivity contribution >= 4 is 23.8 Å². The minimum absolute atomic E-state index is 0.667. The second kappa shape index (κ2) is 4.07. The highest BCUT2D eigenvalue weighted by Crippen LogP contribution is 2.11. The molecule has 1 N–H and O–H groups in total. The number of H-pyrrole nitrogens is 1. The molecule has 0 bridgehead atoms. The molecule has 0 fully saturated rings. The lowest BCUT2D eigenvalue weighted by molar-refractivity contribution is 1.08. The molecule has 2 rings (SSSR count). The first kappa shape index (κ1) is 8.97. The topological polar surface area (TPSA) is 41.6 Å². The van der Waals surface area contributed by atoms with Gasteiger partial charge in [0.15, 0.2) is 5.82 Å². The molecule has 3 nitrogen and oxygen atoms in total. The van der Waals surface area contributed by atoms with Crippen molar-refractivity contribution in [3.63, 3.8) is 0 Å². The maximum Gasteiger partial charge on any atom is 0.173 e. The average Bonchev–Trinajstić information content (AvgIpc) is 2.70. The van der Waals surface area contributed by atoms with Crippen molar-refractivity contribution in [3.05, 3.63) is 47.0 Å². The molecule has 0 unspecified atom stereocenters. The molecule has 0 atom stereocenters. The molecule has 1 aromatic heterocycles. The first-order chi connectivity index (χ1) is 6.84. The van der Waals surface area contributed by atoms with E-state index >= 15 is 0 Å². The Morgan fingerprint density at radius 3 is 2.57 bits per heavy atom. The molecule has 0 amide bonds.